The fourth-order valence-corrected chi connectivity index (χ4v) is 5.48. The van der Waals surface area contributed by atoms with Crippen molar-refractivity contribution in [1.82, 2.24) is 0 Å². The topological polar surface area (TPSA) is 92.8 Å². The van der Waals surface area contributed by atoms with Gasteiger partial charge in [0.15, 0.2) is 0 Å². The molecule has 0 bridgehead atoms. The lowest BCUT2D eigenvalue weighted by atomic mass is 10.0. The summed E-state index contributed by atoms with van der Waals surface area (Å²) >= 11 is 0. The highest BCUT2D eigenvalue weighted by molar-refractivity contribution is 7.93. The molecule has 1 aliphatic heterocycles. The van der Waals surface area contributed by atoms with Gasteiger partial charge in [-0.1, -0.05) is 19.9 Å². The Hall–Kier alpha value is -2.26. The second kappa shape index (κ2) is 8.85. The van der Waals surface area contributed by atoms with Gasteiger partial charge in [0.1, 0.15) is 5.75 Å². The van der Waals surface area contributed by atoms with E-state index in [9.17, 15) is 16.8 Å². The Morgan fingerprint density at radius 1 is 1.07 bits per heavy atom. The van der Waals surface area contributed by atoms with Crippen LogP contribution in [0.2, 0.25) is 0 Å². The van der Waals surface area contributed by atoms with Gasteiger partial charge in [0.25, 0.3) is 10.0 Å². The summed E-state index contributed by atoms with van der Waals surface area (Å²) in [6.07, 6.45) is 1.50. The Morgan fingerprint density at radius 3 is 2.40 bits per heavy atom. The van der Waals surface area contributed by atoms with Crippen molar-refractivity contribution in [3.63, 3.8) is 0 Å². The number of anilines is 2. The van der Waals surface area contributed by atoms with E-state index in [0.717, 1.165) is 18.4 Å². The van der Waals surface area contributed by atoms with Crippen molar-refractivity contribution in [3.8, 4) is 5.75 Å². The highest BCUT2D eigenvalue weighted by Crippen LogP contribution is 2.33. The van der Waals surface area contributed by atoms with Crippen molar-refractivity contribution >= 4 is 31.4 Å². The fraction of sp³-hybridized carbons (Fsp3) is 0.429. The van der Waals surface area contributed by atoms with Crippen molar-refractivity contribution in [2.45, 2.75) is 38.5 Å². The van der Waals surface area contributed by atoms with Gasteiger partial charge in [-0.05, 0) is 67.6 Å². The quantitative estimate of drug-likeness (QED) is 0.660. The second-order valence-corrected chi connectivity index (χ2v) is 11.6. The van der Waals surface area contributed by atoms with E-state index in [0.29, 0.717) is 36.2 Å². The number of benzene rings is 2. The van der Waals surface area contributed by atoms with Gasteiger partial charge in [-0.25, -0.2) is 16.8 Å². The van der Waals surface area contributed by atoms with E-state index in [1.165, 1.54) is 16.4 Å². The first-order valence-electron chi connectivity index (χ1n) is 10.0. The zero-order chi connectivity index (χ0) is 21.9. The average molecular weight is 453 g/mol. The molecule has 0 saturated heterocycles. The highest BCUT2D eigenvalue weighted by atomic mass is 32.2. The summed E-state index contributed by atoms with van der Waals surface area (Å²) in [7, 11) is -7.24. The average Bonchev–Trinajstić information content (AvgIpc) is 2.71. The first-order chi connectivity index (χ1) is 14.1. The van der Waals surface area contributed by atoms with Gasteiger partial charge in [0, 0.05) is 6.54 Å². The van der Waals surface area contributed by atoms with Gasteiger partial charge in [0.05, 0.1) is 28.6 Å². The summed E-state index contributed by atoms with van der Waals surface area (Å²) in [5.41, 5.74) is 1.76. The Kier molecular flexibility index (Phi) is 6.62. The molecule has 30 heavy (non-hydrogen) atoms. The van der Waals surface area contributed by atoms with Crippen LogP contribution in [0.4, 0.5) is 11.4 Å². The van der Waals surface area contributed by atoms with Crippen molar-refractivity contribution in [2.75, 3.05) is 27.9 Å². The fourth-order valence-electron chi connectivity index (χ4n) is 3.24. The van der Waals surface area contributed by atoms with Crippen LogP contribution in [0.5, 0.6) is 5.75 Å². The summed E-state index contributed by atoms with van der Waals surface area (Å²) in [6, 6.07) is 11.3. The summed E-state index contributed by atoms with van der Waals surface area (Å²) in [6.45, 7) is 6.63. The molecule has 2 aromatic carbocycles. The number of aryl methyl sites for hydroxylation is 1. The van der Waals surface area contributed by atoms with Gasteiger partial charge < -0.3 is 4.74 Å². The molecule has 0 unspecified atom stereocenters. The normalized spacial score (nSPS) is 14.5. The maximum absolute atomic E-state index is 12.8. The monoisotopic (exact) mass is 452 g/mol. The first-order valence-corrected chi connectivity index (χ1v) is 13.1. The van der Waals surface area contributed by atoms with Crippen LogP contribution in [0.1, 0.15) is 32.8 Å². The van der Waals surface area contributed by atoms with E-state index in [-0.39, 0.29) is 10.6 Å². The zero-order valence-corrected chi connectivity index (χ0v) is 19.1. The standard InChI is InChI=1S/C21H28N2O5S2/c1-4-29(24,25)23-13-5-6-17-7-8-18(14-21(17)23)22-30(26,27)20-11-9-19(10-12-20)28-15-16(2)3/h7-12,14,16,22H,4-6,13,15H2,1-3H3. The molecule has 164 valence electrons. The van der Waals surface area contributed by atoms with Gasteiger partial charge in [0.2, 0.25) is 10.0 Å². The van der Waals surface area contributed by atoms with Crippen LogP contribution in [0.15, 0.2) is 47.4 Å². The van der Waals surface area contributed by atoms with Crippen LogP contribution in [0.3, 0.4) is 0 Å². The van der Waals surface area contributed by atoms with Crippen molar-refractivity contribution in [3.05, 3.63) is 48.0 Å². The Labute approximate surface area is 179 Å². The minimum atomic E-state index is -3.82. The second-order valence-electron chi connectivity index (χ2n) is 7.70. The molecule has 0 aromatic heterocycles. The number of hydrogen-bond acceptors (Lipinski definition) is 5. The van der Waals surface area contributed by atoms with Crippen LogP contribution < -0.4 is 13.8 Å². The molecule has 9 heteroatoms. The largest absolute Gasteiger partial charge is 0.493 e. The molecule has 1 N–H and O–H groups in total. The van der Waals surface area contributed by atoms with Crippen LogP contribution in [-0.2, 0) is 26.5 Å². The lowest BCUT2D eigenvalue weighted by Gasteiger charge is -2.30. The molecule has 0 spiro atoms. The molecule has 7 nitrogen and oxygen atoms in total. The third kappa shape index (κ3) is 5.07. The minimum absolute atomic E-state index is 0.00633. The highest BCUT2D eigenvalue weighted by Gasteiger charge is 2.27. The van der Waals surface area contributed by atoms with E-state index in [1.54, 1.807) is 37.3 Å². The smallest absolute Gasteiger partial charge is 0.261 e. The molecule has 0 aliphatic carbocycles. The summed E-state index contributed by atoms with van der Waals surface area (Å²) in [5, 5.41) is 0. The number of sulfonamides is 2. The van der Waals surface area contributed by atoms with E-state index in [4.69, 9.17) is 4.74 Å². The van der Waals surface area contributed by atoms with E-state index in [1.807, 2.05) is 13.8 Å². The molecule has 0 atom stereocenters. The Bertz CT molecular complexity index is 1090. The SMILES string of the molecule is CCS(=O)(=O)N1CCCc2ccc(NS(=O)(=O)c3ccc(OCC(C)C)cc3)cc21. The third-order valence-electron chi connectivity index (χ3n) is 4.83. The van der Waals surface area contributed by atoms with Crippen LogP contribution >= 0.6 is 0 Å². The van der Waals surface area contributed by atoms with Gasteiger partial charge in [-0.2, -0.15) is 0 Å². The van der Waals surface area contributed by atoms with Crippen LogP contribution in [0.25, 0.3) is 0 Å². The summed E-state index contributed by atoms with van der Waals surface area (Å²) < 4.78 is 60.0. The first kappa shape index (κ1) is 22.4. The number of nitrogens with one attached hydrogen (secondary N) is 1. The van der Waals surface area contributed by atoms with Crippen molar-refractivity contribution < 1.29 is 21.6 Å². The number of fused-ring (bicyclic) bond motifs is 1. The van der Waals surface area contributed by atoms with Crippen LogP contribution in [0, 0.1) is 5.92 Å². The van der Waals surface area contributed by atoms with Crippen LogP contribution in [-0.4, -0.2) is 35.7 Å². The maximum atomic E-state index is 12.8. The minimum Gasteiger partial charge on any atom is -0.493 e. The van der Waals surface area contributed by atoms with E-state index in [2.05, 4.69) is 4.72 Å². The number of hydrogen-bond donors (Lipinski definition) is 1. The van der Waals surface area contributed by atoms with E-state index < -0.39 is 20.0 Å². The summed E-state index contributed by atoms with van der Waals surface area (Å²) in [4.78, 5) is 0.107. The van der Waals surface area contributed by atoms with E-state index >= 15 is 0 Å². The third-order valence-corrected chi connectivity index (χ3v) is 8.01. The molecular weight excluding hydrogens is 424 g/mol. The summed E-state index contributed by atoms with van der Waals surface area (Å²) in [5.74, 6) is 0.972. The predicted molar refractivity (Wildman–Crippen MR) is 119 cm³/mol. The Morgan fingerprint density at radius 2 is 1.77 bits per heavy atom. The van der Waals surface area contributed by atoms with Crippen molar-refractivity contribution in [1.29, 1.82) is 0 Å². The molecule has 0 fully saturated rings. The van der Waals surface area contributed by atoms with Crippen molar-refractivity contribution in [2.24, 2.45) is 5.92 Å². The molecule has 0 saturated carbocycles. The zero-order valence-electron chi connectivity index (χ0n) is 17.5. The lowest BCUT2D eigenvalue weighted by molar-refractivity contribution is 0.271. The predicted octanol–water partition coefficient (Wildman–Crippen LogP) is 3.62. The molecule has 1 aliphatic rings. The number of ether oxygens (including phenoxy) is 1. The maximum Gasteiger partial charge on any atom is 0.261 e. The molecule has 3 rings (SSSR count). The molecule has 0 radical (unpaired) electrons. The molecular formula is C21H28N2O5S2. The van der Waals surface area contributed by atoms with Gasteiger partial charge in [-0.15, -0.1) is 0 Å². The molecule has 0 amide bonds. The molecule has 2 aromatic rings. The number of nitrogens with zero attached hydrogens (tertiary/aromatic N) is 1. The molecule has 1 heterocycles. The lowest BCUT2D eigenvalue weighted by Crippen LogP contribution is -2.36. The Balaban J connectivity index is 1.83. The van der Waals surface area contributed by atoms with Gasteiger partial charge in [-0.3, -0.25) is 9.03 Å². The number of rotatable bonds is 8. The van der Waals surface area contributed by atoms with Gasteiger partial charge >= 0.3 is 0 Å².